The first-order chi connectivity index (χ1) is 12.5. The van der Waals surface area contributed by atoms with Crippen molar-refractivity contribution < 1.29 is 9.53 Å². The Bertz CT molecular complexity index is 781. The molecule has 6 heteroatoms. The third kappa shape index (κ3) is 3.91. The fourth-order valence-corrected chi connectivity index (χ4v) is 3.15. The fourth-order valence-electron chi connectivity index (χ4n) is 3.15. The second-order valence-electron chi connectivity index (χ2n) is 6.70. The third-order valence-electron chi connectivity index (χ3n) is 4.81. The Hall–Kier alpha value is -2.73. The first-order valence-electron chi connectivity index (χ1n) is 8.77. The summed E-state index contributed by atoms with van der Waals surface area (Å²) in [6.45, 7) is 6.04. The Balaban J connectivity index is 1.80. The monoisotopic (exact) mass is 354 g/mol. The van der Waals surface area contributed by atoms with E-state index in [0.29, 0.717) is 22.7 Å². The number of benzene rings is 2. The maximum Gasteiger partial charge on any atom is 0.255 e. The molecule has 3 rings (SSSR count). The standard InChI is InChI=1S/C20H26N4O2/c1-14-12-17(21)18(13-19(14)24-10-8-23(2)9-11-24)22-20(25)15-4-6-16(26-3)7-5-15/h4-7,12-13H,8-11,21H2,1-3H3,(H,22,25). The number of aryl methyl sites for hydroxylation is 1. The number of hydrogen-bond donors (Lipinski definition) is 2. The van der Waals surface area contributed by atoms with E-state index in [4.69, 9.17) is 10.5 Å². The lowest BCUT2D eigenvalue weighted by Gasteiger charge is -2.35. The number of anilines is 3. The number of ether oxygens (including phenoxy) is 1. The molecule has 138 valence electrons. The molecule has 2 aromatic rings. The number of nitrogens with one attached hydrogen (secondary N) is 1. The molecule has 0 saturated carbocycles. The normalized spacial score (nSPS) is 15.0. The Morgan fingerprint density at radius 3 is 2.38 bits per heavy atom. The summed E-state index contributed by atoms with van der Waals surface area (Å²) >= 11 is 0. The van der Waals surface area contributed by atoms with Crippen LogP contribution in [0.1, 0.15) is 15.9 Å². The van der Waals surface area contributed by atoms with Crippen molar-refractivity contribution in [1.29, 1.82) is 0 Å². The summed E-state index contributed by atoms with van der Waals surface area (Å²) in [4.78, 5) is 17.2. The second kappa shape index (κ2) is 7.66. The smallest absolute Gasteiger partial charge is 0.255 e. The van der Waals surface area contributed by atoms with Gasteiger partial charge in [-0.15, -0.1) is 0 Å². The van der Waals surface area contributed by atoms with E-state index in [0.717, 1.165) is 37.4 Å². The van der Waals surface area contributed by atoms with Crippen LogP contribution in [0.3, 0.4) is 0 Å². The van der Waals surface area contributed by atoms with E-state index < -0.39 is 0 Å². The molecule has 0 atom stereocenters. The van der Waals surface area contributed by atoms with Crippen molar-refractivity contribution >= 4 is 23.0 Å². The van der Waals surface area contributed by atoms with Crippen molar-refractivity contribution in [3.63, 3.8) is 0 Å². The van der Waals surface area contributed by atoms with Crippen LogP contribution in [0, 0.1) is 6.92 Å². The molecule has 1 aliphatic heterocycles. The molecular formula is C20H26N4O2. The number of nitrogen functional groups attached to an aromatic ring is 1. The van der Waals surface area contributed by atoms with Crippen molar-refractivity contribution in [3.05, 3.63) is 47.5 Å². The number of rotatable bonds is 4. The molecule has 1 heterocycles. The lowest BCUT2D eigenvalue weighted by atomic mass is 10.1. The van der Waals surface area contributed by atoms with Gasteiger partial charge in [-0.25, -0.2) is 0 Å². The predicted octanol–water partition coefficient (Wildman–Crippen LogP) is 2.59. The summed E-state index contributed by atoms with van der Waals surface area (Å²) in [6.07, 6.45) is 0. The van der Waals surface area contributed by atoms with Crippen LogP contribution in [0.15, 0.2) is 36.4 Å². The van der Waals surface area contributed by atoms with Gasteiger partial charge in [0.15, 0.2) is 0 Å². The van der Waals surface area contributed by atoms with E-state index in [2.05, 4.69) is 29.1 Å². The van der Waals surface area contributed by atoms with E-state index in [1.807, 2.05) is 12.1 Å². The van der Waals surface area contributed by atoms with Crippen LogP contribution in [0.25, 0.3) is 0 Å². The summed E-state index contributed by atoms with van der Waals surface area (Å²) in [5.74, 6) is 0.529. The zero-order chi connectivity index (χ0) is 18.7. The molecule has 1 saturated heterocycles. The fraction of sp³-hybridized carbons (Fsp3) is 0.350. The number of methoxy groups -OCH3 is 1. The van der Waals surface area contributed by atoms with Crippen LogP contribution in [-0.4, -0.2) is 51.1 Å². The van der Waals surface area contributed by atoms with Crippen molar-refractivity contribution in [1.82, 2.24) is 4.90 Å². The van der Waals surface area contributed by atoms with E-state index in [1.165, 1.54) is 0 Å². The van der Waals surface area contributed by atoms with Gasteiger partial charge in [-0.05, 0) is 55.9 Å². The molecule has 0 aromatic heterocycles. The van der Waals surface area contributed by atoms with Gasteiger partial charge < -0.3 is 25.6 Å². The van der Waals surface area contributed by atoms with Gasteiger partial charge >= 0.3 is 0 Å². The first kappa shape index (κ1) is 18.1. The number of hydrogen-bond acceptors (Lipinski definition) is 5. The molecule has 0 unspecified atom stereocenters. The molecule has 1 fully saturated rings. The highest BCUT2D eigenvalue weighted by Gasteiger charge is 2.18. The number of piperazine rings is 1. The number of carbonyl (C=O) groups is 1. The number of carbonyl (C=O) groups excluding carboxylic acids is 1. The lowest BCUT2D eigenvalue weighted by molar-refractivity contribution is 0.102. The van der Waals surface area contributed by atoms with E-state index in [9.17, 15) is 4.79 Å². The van der Waals surface area contributed by atoms with Gasteiger partial charge in [-0.3, -0.25) is 4.79 Å². The van der Waals surface area contributed by atoms with Gasteiger partial charge in [0.1, 0.15) is 5.75 Å². The number of nitrogens with zero attached hydrogens (tertiary/aromatic N) is 2. The number of amides is 1. The number of nitrogens with two attached hydrogens (primary N) is 1. The van der Waals surface area contributed by atoms with Gasteiger partial charge in [0.2, 0.25) is 0 Å². The topological polar surface area (TPSA) is 70.8 Å². The minimum absolute atomic E-state index is 0.187. The highest BCUT2D eigenvalue weighted by atomic mass is 16.5. The van der Waals surface area contributed by atoms with Crippen LogP contribution in [0.4, 0.5) is 17.1 Å². The molecule has 0 aliphatic carbocycles. The molecule has 1 amide bonds. The minimum Gasteiger partial charge on any atom is -0.497 e. The van der Waals surface area contributed by atoms with E-state index in [-0.39, 0.29) is 5.91 Å². The van der Waals surface area contributed by atoms with E-state index in [1.54, 1.807) is 31.4 Å². The van der Waals surface area contributed by atoms with Crippen molar-refractivity contribution in [2.45, 2.75) is 6.92 Å². The zero-order valence-corrected chi connectivity index (χ0v) is 15.6. The molecule has 1 aliphatic rings. The van der Waals surface area contributed by atoms with Crippen LogP contribution < -0.4 is 20.7 Å². The average molecular weight is 354 g/mol. The summed E-state index contributed by atoms with van der Waals surface area (Å²) < 4.78 is 5.13. The van der Waals surface area contributed by atoms with Crippen LogP contribution in [-0.2, 0) is 0 Å². The largest absolute Gasteiger partial charge is 0.497 e. The van der Waals surface area contributed by atoms with Crippen LogP contribution >= 0.6 is 0 Å². The summed E-state index contributed by atoms with van der Waals surface area (Å²) in [5.41, 5.74) is 10.2. The second-order valence-corrected chi connectivity index (χ2v) is 6.70. The molecule has 0 radical (unpaired) electrons. The minimum atomic E-state index is -0.187. The van der Waals surface area contributed by atoms with Gasteiger partial charge in [-0.2, -0.15) is 0 Å². The van der Waals surface area contributed by atoms with Crippen molar-refractivity contribution in [3.8, 4) is 5.75 Å². The Labute approximate surface area is 154 Å². The lowest BCUT2D eigenvalue weighted by Crippen LogP contribution is -2.44. The predicted molar refractivity (Wildman–Crippen MR) is 106 cm³/mol. The number of likely N-dealkylation sites (N-methyl/N-ethyl adjacent to an activating group) is 1. The van der Waals surface area contributed by atoms with Crippen LogP contribution in [0.2, 0.25) is 0 Å². The highest BCUT2D eigenvalue weighted by molar-refractivity contribution is 6.06. The Morgan fingerprint density at radius 2 is 1.77 bits per heavy atom. The van der Waals surface area contributed by atoms with Gasteiger partial charge in [-0.1, -0.05) is 0 Å². The SMILES string of the molecule is COc1ccc(C(=O)Nc2cc(N3CCN(C)CC3)c(C)cc2N)cc1. The summed E-state index contributed by atoms with van der Waals surface area (Å²) in [7, 11) is 3.73. The van der Waals surface area contributed by atoms with Gasteiger partial charge in [0, 0.05) is 37.4 Å². The molecule has 6 nitrogen and oxygen atoms in total. The third-order valence-corrected chi connectivity index (χ3v) is 4.81. The molecule has 0 spiro atoms. The first-order valence-corrected chi connectivity index (χ1v) is 8.77. The average Bonchev–Trinajstić information content (AvgIpc) is 2.65. The van der Waals surface area contributed by atoms with Gasteiger partial charge in [0.05, 0.1) is 18.5 Å². The highest BCUT2D eigenvalue weighted by Crippen LogP contribution is 2.30. The molecule has 2 aromatic carbocycles. The summed E-state index contributed by atoms with van der Waals surface area (Å²) in [5, 5.41) is 2.94. The maximum atomic E-state index is 12.6. The summed E-state index contributed by atoms with van der Waals surface area (Å²) in [6, 6.07) is 10.9. The molecule has 0 bridgehead atoms. The zero-order valence-electron chi connectivity index (χ0n) is 15.6. The molecular weight excluding hydrogens is 328 g/mol. The quantitative estimate of drug-likeness (QED) is 0.826. The van der Waals surface area contributed by atoms with Gasteiger partial charge in [0.25, 0.3) is 5.91 Å². The van der Waals surface area contributed by atoms with Crippen molar-refractivity contribution in [2.24, 2.45) is 0 Å². The maximum absolute atomic E-state index is 12.6. The van der Waals surface area contributed by atoms with Crippen molar-refractivity contribution in [2.75, 3.05) is 56.3 Å². The molecule has 26 heavy (non-hydrogen) atoms. The van der Waals surface area contributed by atoms with E-state index >= 15 is 0 Å². The molecule has 3 N–H and O–H groups in total. The van der Waals surface area contributed by atoms with Crippen LogP contribution in [0.5, 0.6) is 5.75 Å². The Kier molecular flexibility index (Phi) is 5.32. The Morgan fingerprint density at radius 1 is 1.12 bits per heavy atom.